The van der Waals surface area contributed by atoms with Gasteiger partial charge in [-0.3, -0.25) is 4.79 Å². The molecule has 0 aromatic heterocycles. The topological polar surface area (TPSA) is 32.8 Å². The van der Waals surface area contributed by atoms with Crippen molar-refractivity contribution in [3.05, 3.63) is 53.6 Å². The number of benzene rings is 2. The Kier molecular flexibility index (Phi) is 5.58. The Hall–Kier alpha value is -2.14. The molecule has 0 saturated carbocycles. The Morgan fingerprint density at radius 3 is 2.56 bits per heavy atom. The highest BCUT2D eigenvalue weighted by Gasteiger charge is 2.23. The van der Waals surface area contributed by atoms with E-state index in [4.69, 9.17) is 4.74 Å². The fourth-order valence-electron chi connectivity index (χ4n) is 3.84. The van der Waals surface area contributed by atoms with Gasteiger partial charge < -0.3 is 14.5 Å². The van der Waals surface area contributed by atoms with Crippen molar-refractivity contribution in [1.82, 2.24) is 4.90 Å². The van der Waals surface area contributed by atoms with Gasteiger partial charge >= 0.3 is 0 Å². The smallest absolute Gasteiger partial charge is 0.253 e. The van der Waals surface area contributed by atoms with Crippen LogP contribution in [0.2, 0.25) is 0 Å². The van der Waals surface area contributed by atoms with E-state index in [9.17, 15) is 4.79 Å². The highest BCUT2D eigenvalue weighted by molar-refractivity contribution is 7.97. The molecule has 2 aliphatic rings. The van der Waals surface area contributed by atoms with Crippen LogP contribution in [0, 0.1) is 0 Å². The SMILES string of the molecule is CSCc1ccc(N2CCOc3cc(C(=O)N4CCCCC4)ccc32)cc1. The van der Waals surface area contributed by atoms with Gasteiger partial charge in [0.1, 0.15) is 12.4 Å². The van der Waals surface area contributed by atoms with Crippen LogP contribution in [-0.4, -0.2) is 43.3 Å². The zero-order valence-corrected chi connectivity index (χ0v) is 16.6. The van der Waals surface area contributed by atoms with E-state index in [0.29, 0.717) is 6.61 Å². The molecule has 0 radical (unpaired) electrons. The summed E-state index contributed by atoms with van der Waals surface area (Å²) in [6.45, 7) is 3.17. The van der Waals surface area contributed by atoms with E-state index in [1.807, 2.05) is 34.9 Å². The second-order valence-corrected chi connectivity index (χ2v) is 8.00. The second-order valence-electron chi connectivity index (χ2n) is 7.13. The number of thioether (sulfide) groups is 1. The average Bonchev–Trinajstić information content (AvgIpc) is 2.74. The van der Waals surface area contributed by atoms with Gasteiger partial charge in [0.2, 0.25) is 0 Å². The third-order valence-electron chi connectivity index (χ3n) is 5.27. The number of amides is 1. The molecule has 1 amide bonds. The van der Waals surface area contributed by atoms with Crippen molar-refractivity contribution in [2.45, 2.75) is 25.0 Å². The first-order chi connectivity index (χ1) is 13.3. The largest absolute Gasteiger partial charge is 0.490 e. The average molecular weight is 383 g/mol. The summed E-state index contributed by atoms with van der Waals surface area (Å²) in [5, 5.41) is 0. The quantitative estimate of drug-likeness (QED) is 0.767. The molecular formula is C22H26N2O2S. The van der Waals surface area contributed by atoms with Gasteiger partial charge in [-0.1, -0.05) is 12.1 Å². The number of fused-ring (bicyclic) bond motifs is 1. The number of nitrogens with zero attached hydrogens (tertiary/aromatic N) is 2. The molecule has 2 aromatic rings. The fourth-order valence-corrected chi connectivity index (χ4v) is 4.37. The van der Waals surface area contributed by atoms with Gasteiger partial charge in [0, 0.05) is 30.1 Å². The molecule has 0 bridgehead atoms. The second kappa shape index (κ2) is 8.26. The fraction of sp³-hybridized carbons (Fsp3) is 0.409. The number of carbonyl (C=O) groups is 1. The van der Waals surface area contributed by atoms with E-state index in [0.717, 1.165) is 55.2 Å². The lowest BCUT2D eigenvalue weighted by atomic mass is 10.1. The number of hydrogen-bond acceptors (Lipinski definition) is 4. The van der Waals surface area contributed by atoms with Crippen LogP contribution in [0.3, 0.4) is 0 Å². The van der Waals surface area contributed by atoms with Gasteiger partial charge in [-0.2, -0.15) is 11.8 Å². The van der Waals surface area contributed by atoms with Crippen molar-refractivity contribution in [3.8, 4) is 5.75 Å². The summed E-state index contributed by atoms with van der Waals surface area (Å²) in [6, 6.07) is 14.6. The predicted molar refractivity (Wildman–Crippen MR) is 112 cm³/mol. The number of rotatable bonds is 4. The van der Waals surface area contributed by atoms with Crippen molar-refractivity contribution in [3.63, 3.8) is 0 Å². The van der Waals surface area contributed by atoms with Crippen LogP contribution < -0.4 is 9.64 Å². The first-order valence-corrected chi connectivity index (χ1v) is 11.1. The Morgan fingerprint density at radius 1 is 1.04 bits per heavy atom. The molecule has 2 aliphatic heterocycles. The highest BCUT2D eigenvalue weighted by atomic mass is 32.2. The molecule has 27 heavy (non-hydrogen) atoms. The monoisotopic (exact) mass is 382 g/mol. The molecule has 0 N–H and O–H groups in total. The molecule has 1 saturated heterocycles. The van der Waals surface area contributed by atoms with Crippen LogP contribution in [0.15, 0.2) is 42.5 Å². The molecular weight excluding hydrogens is 356 g/mol. The van der Waals surface area contributed by atoms with Gasteiger partial charge in [-0.15, -0.1) is 0 Å². The normalized spacial score (nSPS) is 16.6. The van der Waals surface area contributed by atoms with E-state index < -0.39 is 0 Å². The molecule has 2 heterocycles. The number of carbonyl (C=O) groups excluding carboxylic acids is 1. The lowest BCUT2D eigenvalue weighted by molar-refractivity contribution is 0.0724. The van der Waals surface area contributed by atoms with Gasteiger partial charge in [-0.25, -0.2) is 0 Å². The number of ether oxygens (including phenoxy) is 1. The van der Waals surface area contributed by atoms with Crippen LogP contribution in [0.4, 0.5) is 11.4 Å². The highest BCUT2D eigenvalue weighted by Crippen LogP contribution is 2.37. The molecule has 0 spiro atoms. The van der Waals surface area contributed by atoms with Crippen molar-refractivity contribution >= 4 is 29.0 Å². The van der Waals surface area contributed by atoms with Crippen LogP contribution >= 0.6 is 11.8 Å². The Bertz CT molecular complexity index is 800. The molecule has 5 heteroatoms. The van der Waals surface area contributed by atoms with E-state index >= 15 is 0 Å². The maximum absolute atomic E-state index is 12.8. The predicted octanol–water partition coefficient (Wildman–Crippen LogP) is 4.71. The maximum Gasteiger partial charge on any atom is 0.253 e. The number of piperidine rings is 1. The Labute approximate surface area is 165 Å². The molecule has 0 atom stereocenters. The van der Waals surface area contributed by atoms with Gasteiger partial charge in [0.05, 0.1) is 12.2 Å². The number of anilines is 2. The van der Waals surface area contributed by atoms with Crippen molar-refractivity contribution < 1.29 is 9.53 Å². The zero-order chi connectivity index (χ0) is 18.6. The third kappa shape index (κ3) is 3.93. The minimum Gasteiger partial charge on any atom is -0.490 e. The van der Waals surface area contributed by atoms with Crippen molar-refractivity contribution in [1.29, 1.82) is 0 Å². The standard InChI is InChI=1S/C22H26N2O2S/c1-27-16-17-5-8-19(9-6-17)24-13-14-26-21-15-18(7-10-20(21)24)22(25)23-11-3-2-4-12-23/h5-10,15H,2-4,11-14,16H2,1H3. The summed E-state index contributed by atoms with van der Waals surface area (Å²) in [5.74, 6) is 1.96. The minimum absolute atomic E-state index is 0.125. The lowest BCUT2D eigenvalue weighted by Gasteiger charge is -2.32. The third-order valence-corrected chi connectivity index (χ3v) is 5.89. The summed E-state index contributed by atoms with van der Waals surface area (Å²) in [7, 11) is 0. The number of likely N-dealkylation sites (tertiary alicyclic amines) is 1. The van der Waals surface area contributed by atoms with Crippen molar-refractivity contribution in [2.24, 2.45) is 0 Å². The van der Waals surface area contributed by atoms with E-state index in [1.54, 1.807) is 0 Å². The molecule has 4 rings (SSSR count). The zero-order valence-electron chi connectivity index (χ0n) is 15.8. The summed E-state index contributed by atoms with van der Waals surface area (Å²) < 4.78 is 5.90. The summed E-state index contributed by atoms with van der Waals surface area (Å²) in [6.07, 6.45) is 5.55. The number of hydrogen-bond donors (Lipinski definition) is 0. The molecule has 2 aromatic carbocycles. The van der Waals surface area contributed by atoms with Crippen LogP contribution in [-0.2, 0) is 5.75 Å². The van der Waals surface area contributed by atoms with Crippen molar-refractivity contribution in [2.75, 3.05) is 37.4 Å². The van der Waals surface area contributed by atoms with Crippen LogP contribution in [0.25, 0.3) is 0 Å². The first kappa shape index (κ1) is 18.2. The summed E-state index contributed by atoms with van der Waals surface area (Å²) in [4.78, 5) is 17.0. The lowest BCUT2D eigenvalue weighted by Crippen LogP contribution is -2.35. The van der Waals surface area contributed by atoms with Gasteiger partial charge in [0.15, 0.2) is 0 Å². The summed E-state index contributed by atoms with van der Waals surface area (Å²) in [5.41, 5.74) is 4.27. The van der Waals surface area contributed by atoms with E-state index in [2.05, 4.69) is 35.4 Å². The van der Waals surface area contributed by atoms with Gasteiger partial charge in [-0.05, 0) is 61.4 Å². The summed E-state index contributed by atoms with van der Waals surface area (Å²) >= 11 is 1.83. The molecule has 0 aliphatic carbocycles. The molecule has 142 valence electrons. The van der Waals surface area contributed by atoms with Crippen LogP contribution in [0.5, 0.6) is 5.75 Å². The molecule has 4 nitrogen and oxygen atoms in total. The molecule has 1 fully saturated rings. The maximum atomic E-state index is 12.8. The first-order valence-electron chi connectivity index (χ1n) is 9.68. The Balaban J connectivity index is 1.57. The Morgan fingerprint density at radius 2 is 1.81 bits per heavy atom. The minimum atomic E-state index is 0.125. The van der Waals surface area contributed by atoms with Gasteiger partial charge in [0.25, 0.3) is 5.91 Å². The van der Waals surface area contributed by atoms with E-state index in [-0.39, 0.29) is 5.91 Å². The molecule has 0 unspecified atom stereocenters. The van der Waals surface area contributed by atoms with E-state index in [1.165, 1.54) is 17.7 Å². The van der Waals surface area contributed by atoms with Crippen LogP contribution in [0.1, 0.15) is 35.2 Å².